The molecule has 37 heavy (non-hydrogen) atoms. The maximum absolute atomic E-state index is 13.6. The predicted octanol–water partition coefficient (Wildman–Crippen LogP) is 3.61. The highest BCUT2D eigenvalue weighted by Gasteiger charge is 2.53. The van der Waals surface area contributed by atoms with Gasteiger partial charge in [-0.25, -0.2) is 0 Å². The van der Waals surface area contributed by atoms with Crippen LogP contribution in [0.5, 0.6) is 5.75 Å². The number of Topliss-reactive ketones (excluding diaryl/α,β-unsaturated/α-hetero) is 2. The SMILES string of the molecule is CO[C@H](C(=O)[C@H]1OC2(CCCC2)O[C@@H]1C)[C@@H]1Cc2cccc(OCOCc3ccccc3)c2C(=O)[C@H]1O. The van der Waals surface area contributed by atoms with Gasteiger partial charge in [0.25, 0.3) is 0 Å². The Morgan fingerprint density at radius 2 is 1.86 bits per heavy atom. The maximum Gasteiger partial charge on any atom is 0.195 e. The Labute approximate surface area is 216 Å². The van der Waals surface area contributed by atoms with Gasteiger partial charge in [0, 0.05) is 25.9 Å². The van der Waals surface area contributed by atoms with E-state index in [2.05, 4.69) is 0 Å². The molecule has 8 nitrogen and oxygen atoms in total. The van der Waals surface area contributed by atoms with Crippen LogP contribution >= 0.6 is 0 Å². The lowest BCUT2D eigenvalue weighted by molar-refractivity contribution is -0.176. The number of ether oxygens (including phenoxy) is 5. The first-order valence-corrected chi connectivity index (χ1v) is 12.9. The van der Waals surface area contributed by atoms with Gasteiger partial charge in [-0.05, 0) is 43.4 Å². The van der Waals surface area contributed by atoms with Crippen LogP contribution in [-0.2, 0) is 36.8 Å². The highest BCUT2D eigenvalue weighted by Crippen LogP contribution is 2.43. The summed E-state index contributed by atoms with van der Waals surface area (Å²) in [6.45, 7) is 2.15. The van der Waals surface area contributed by atoms with E-state index >= 15 is 0 Å². The molecule has 5 atom stereocenters. The smallest absolute Gasteiger partial charge is 0.195 e. The third-order valence-electron chi connectivity index (χ3n) is 7.64. The predicted molar refractivity (Wildman–Crippen MR) is 133 cm³/mol. The minimum Gasteiger partial charge on any atom is -0.467 e. The van der Waals surface area contributed by atoms with E-state index < -0.39 is 41.9 Å². The minimum absolute atomic E-state index is 0.0456. The van der Waals surface area contributed by atoms with Crippen molar-refractivity contribution in [2.45, 2.75) is 75.8 Å². The van der Waals surface area contributed by atoms with Crippen LogP contribution < -0.4 is 4.74 Å². The van der Waals surface area contributed by atoms with Crippen LogP contribution in [0.25, 0.3) is 0 Å². The molecular formula is C29H34O8. The van der Waals surface area contributed by atoms with E-state index in [9.17, 15) is 14.7 Å². The van der Waals surface area contributed by atoms with Gasteiger partial charge in [0.05, 0.1) is 18.3 Å². The van der Waals surface area contributed by atoms with Crippen molar-refractivity contribution in [3.05, 3.63) is 65.2 Å². The molecular weight excluding hydrogens is 476 g/mol. The summed E-state index contributed by atoms with van der Waals surface area (Å²) in [5.74, 6) is -1.92. The molecule has 3 aliphatic rings. The number of ketones is 2. The molecule has 1 N–H and O–H groups in total. The van der Waals surface area contributed by atoms with Gasteiger partial charge in [-0.2, -0.15) is 0 Å². The quantitative estimate of drug-likeness (QED) is 0.403. The van der Waals surface area contributed by atoms with Crippen LogP contribution in [0.15, 0.2) is 48.5 Å². The Kier molecular flexibility index (Phi) is 7.74. The Morgan fingerprint density at radius 3 is 2.59 bits per heavy atom. The number of carbonyl (C=O) groups is 2. The molecule has 0 radical (unpaired) electrons. The fraction of sp³-hybridized carbons (Fsp3) is 0.517. The molecule has 8 heteroatoms. The van der Waals surface area contributed by atoms with Gasteiger partial charge in [0.1, 0.15) is 24.1 Å². The van der Waals surface area contributed by atoms with E-state index in [4.69, 9.17) is 23.7 Å². The Bertz CT molecular complexity index is 1110. The second-order valence-electron chi connectivity index (χ2n) is 10.1. The summed E-state index contributed by atoms with van der Waals surface area (Å²) in [5, 5.41) is 11.1. The van der Waals surface area contributed by atoms with E-state index in [1.165, 1.54) is 7.11 Å². The number of benzene rings is 2. The van der Waals surface area contributed by atoms with Gasteiger partial charge >= 0.3 is 0 Å². The van der Waals surface area contributed by atoms with Crippen LogP contribution in [0, 0.1) is 5.92 Å². The fourth-order valence-electron chi connectivity index (χ4n) is 5.82. The molecule has 1 spiro atoms. The van der Waals surface area contributed by atoms with Gasteiger partial charge in [0.2, 0.25) is 0 Å². The van der Waals surface area contributed by atoms with Crippen LogP contribution in [0.4, 0.5) is 0 Å². The fourth-order valence-corrected chi connectivity index (χ4v) is 5.82. The lowest BCUT2D eigenvalue weighted by Crippen LogP contribution is -2.50. The van der Waals surface area contributed by atoms with Crippen molar-refractivity contribution in [1.29, 1.82) is 0 Å². The molecule has 1 saturated heterocycles. The number of rotatable bonds is 9. The summed E-state index contributed by atoms with van der Waals surface area (Å²) in [7, 11) is 1.42. The molecule has 1 aliphatic heterocycles. The summed E-state index contributed by atoms with van der Waals surface area (Å²) in [5.41, 5.74) is 2.02. The summed E-state index contributed by atoms with van der Waals surface area (Å²) < 4.78 is 29.2. The van der Waals surface area contributed by atoms with Crippen LogP contribution in [-0.4, -0.2) is 60.8 Å². The first-order valence-electron chi connectivity index (χ1n) is 12.9. The molecule has 1 heterocycles. The van der Waals surface area contributed by atoms with E-state index in [1.807, 2.05) is 43.3 Å². The molecule has 0 aromatic heterocycles. The highest BCUT2D eigenvalue weighted by molar-refractivity contribution is 6.05. The Morgan fingerprint density at radius 1 is 1.11 bits per heavy atom. The normalized spacial score (nSPS) is 27.3. The Hall–Kier alpha value is -2.62. The zero-order chi connectivity index (χ0) is 26.0. The number of aliphatic hydroxyl groups excluding tert-OH is 1. The number of aliphatic hydroxyl groups is 1. The van der Waals surface area contributed by atoms with E-state index in [1.54, 1.807) is 12.1 Å². The lowest BCUT2D eigenvalue weighted by Gasteiger charge is -2.34. The largest absolute Gasteiger partial charge is 0.467 e. The van der Waals surface area contributed by atoms with E-state index in [-0.39, 0.29) is 19.0 Å². The number of hydrogen-bond acceptors (Lipinski definition) is 8. The van der Waals surface area contributed by atoms with Gasteiger partial charge in [-0.1, -0.05) is 42.5 Å². The van der Waals surface area contributed by atoms with Crippen molar-refractivity contribution in [3.8, 4) is 5.75 Å². The number of hydrogen-bond donors (Lipinski definition) is 1. The Balaban J connectivity index is 1.28. The van der Waals surface area contributed by atoms with Crippen molar-refractivity contribution >= 4 is 11.6 Å². The second-order valence-corrected chi connectivity index (χ2v) is 10.1. The van der Waals surface area contributed by atoms with Crippen LogP contribution in [0.2, 0.25) is 0 Å². The van der Waals surface area contributed by atoms with Crippen LogP contribution in [0.3, 0.4) is 0 Å². The van der Waals surface area contributed by atoms with Crippen molar-refractivity contribution in [1.82, 2.24) is 0 Å². The zero-order valence-corrected chi connectivity index (χ0v) is 21.3. The molecule has 2 aromatic rings. The molecule has 1 saturated carbocycles. The van der Waals surface area contributed by atoms with Gasteiger partial charge in [-0.3, -0.25) is 9.59 Å². The van der Waals surface area contributed by atoms with Crippen molar-refractivity contribution in [2.75, 3.05) is 13.9 Å². The third-order valence-corrected chi connectivity index (χ3v) is 7.64. The second kappa shape index (κ2) is 11.0. The summed E-state index contributed by atoms with van der Waals surface area (Å²) in [4.78, 5) is 26.9. The minimum atomic E-state index is -1.42. The molecule has 2 aliphatic carbocycles. The average molecular weight is 511 g/mol. The summed E-state index contributed by atoms with van der Waals surface area (Å²) >= 11 is 0. The maximum atomic E-state index is 13.6. The molecule has 5 rings (SSSR count). The third kappa shape index (κ3) is 5.22. The molecule has 0 unspecified atom stereocenters. The first kappa shape index (κ1) is 26.0. The monoisotopic (exact) mass is 510 g/mol. The van der Waals surface area contributed by atoms with Gasteiger partial charge < -0.3 is 28.8 Å². The summed E-state index contributed by atoms with van der Waals surface area (Å²) in [6.07, 6.45) is 0.120. The average Bonchev–Trinajstić information content (AvgIpc) is 3.50. The van der Waals surface area contributed by atoms with Crippen molar-refractivity contribution < 1.29 is 38.4 Å². The number of methoxy groups -OCH3 is 1. The van der Waals surface area contributed by atoms with E-state index in [0.717, 1.165) is 31.2 Å². The molecule has 198 valence electrons. The van der Waals surface area contributed by atoms with E-state index in [0.29, 0.717) is 23.5 Å². The van der Waals surface area contributed by atoms with Crippen molar-refractivity contribution in [3.63, 3.8) is 0 Å². The molecule has 0 amide bonds. The lowest BCUT2D eigenvalue weighted by atomic mass is 9.76. The van der Waals surface area contributed by atoms with Crippen molar-refractivity contribution in [2.24, 2.45) is 5.92 Å². The standard InChI is InChI=1S/C29H34O8/c1-18-27(37-29(36-18)13-6-7-14-29)26(32)28(33-2)21-15-20-11-8-12-22(23(20)25(31)24(21)30)35-17-34-16-19-9-4-3-5-10-19/h3-5,8-12,18,21,24,27-28,30H,6-7,13-17H2,1-2H3/t18-,21-,24+,27+,28+/m1/s1. The zero-order valence-electron chi connectivity index (χ0n) is 21.3. The van der Waals surface area contributed by atoms with Gasteiger partial charge in [0.15, 0.2) is 24.1 Å². The van der Waals surface area contributed by atoms with Gasteiger partial charge in [-0.15, -0.1) is 0 Å². The number of carbonyl (C=O) groups excluding carboxylic acids is 2. The highest BCUT2D eigenvalue weighted by atomic mass is 16.8. The summed E-state index contributed by atoms with van der Waals surface area (Å²) in [6, 6.07) is 15.0. The number of fused-ring (bicyclic) bond motifs is 1. The molecule has 2 aromatic carbocycles. The first-order chi connectivity index (χ1) is 17.9. The topological polar surface area (TPSA) is 101 Å². The molecule has 0 bridgehead atoms. The molecule has 2 fully saturated rings. The van der Waals surface area contributed by atoms with Crippen LogP contribution in [0.1, 0.15) is 54.1 Å².